The molecule has 0 atom stereocenters. The van der Waals surface area contributed by atoms with Crippen molar-refractivity contribution in [3.8, 4) is 0 Å². The van der Waals surface area contributed by atoms with Gasteiger partial charge in [-0.25, -0.2) is 5.90 Å². The highest BCUT2D eigenvalue weighted by Crippen LogP contribution is 2.46. The van der Waals surface area contributed by atoms with Gasteiger partial charge in [-0.05, 0) is 12.8 Å². The number of nitrogens with zero attached hydrogens (tertiary/aromatic N) is 2. The Morgan fingerprint density at radius 2 is 2.33 bits per heavy atom. The molecule has 1 aliphatic carbocycles. The lowest BCUT2D eigenvalue weighted by molar-refractivity contribution is 0.115. The maximum absolute atomic E-state index is 5.04. The van der Waals surface area contributed by atoms with E-state index >= 15 is 0 Å². The fourth-order valence-electron chi connectivity index (χ4n) is 1.36. The van der Waals surface area contributed by atoms with Gasteiger partial charge in [0, 0.05) is 24.0 Å². The Bertz CT molecular complexity index is 258. The molecule has 0 bridgehead atoms. The molecule has 1 aliphatic rings. The smallest absolute Gasteiger partial charge is 0.0791 e. The lowest BCUT2D eigenvalue weighted by Gasteiger charge is -2.10. The Morgan fingerprint density at radius 3 is 2.83 bits per heavy atom. The molecule has 0 saturated heterocycles. The molecule has 0 unspecified atom stereocenters. The molecule has 1 aromatic heterocycles. The molecule has 64 valence electrons. The van der Waals surface area contributed by atoms with Crippen LogP contribution < -0.4 is 5.90 Å². The largest absolute Gasteiger partial charge is 0.304 e. The van der Waals surface area contributed by atoms with E-state index < -0.39 is 0 Å². The molecular formula is C8H11N3O. The average molecular weight is 165 g/mol. The topological polar surface area (TPSA) is 61.0 Å². The molecule has 0 aliphatic heterocycles. The first-order valence-electron chi connectivity index (χ1n) is 3.96. The molecule has 0 amide bonds. The molecule has 2 N–H and O–H groups in total. The first-order chi connectivity index (χ1) is 5.87. The van der Waals surface area contributed by atoms with Crippen molar-refractivity contribution in [3.63, 3.8) is 0 Å². The van der Waals surface area contributed by atoms with Crippen molar-refractivity contribution in [2.75, 3.05) is 6.61 Å². The number of hydrogen-bond acceptors (Lipinski definition) is 4. The Hall–Kier alpha value is -1.00. The molecule has 0 spiro atoms. The average Bonchev–Trinajstić information content (AvgIpc) is 2.88. The molecule has 4 heteroatoms. The van der Waals surface area contributed by atoms with Crippen LogP contribution in [0.2, 0.25) is 0 Å². The van der Waals surface area contributed by atoms with Gasteiger partial charge in [-0.3, -0.25) is 9.97 Å². The van der Waals surface area contributed by atoms with Crippen LogP contribution in [0.3, 0.4) is 0 Å². The summed E-state index contributed by atoms with van der Waals surface area (Å²) in [6, 6.07) is 0. The van der Waals surface area contributed by atoms with Crippen LogP contribution in [0.25, 0.3) is 0 Å². The van der Waals surface area contributed by atoms with Crippen LogP contribution in [0.4, 0.5) is 0 Å². The highest BCUT2D eigenvalue weighted by atomic mass is 16.6. The summed E-state index contributed by atoms with van der Waals surface area (Å²) in [5.41, 5.74) is 1.07. The van der Waals surface area contributed by atoms with Crippen molar-refractivity contribution in [3.05, 3.63) is 24.3 Å². The molecule has 1 aromatic rings. The van der Waals surface area contributed by atoms with Crippen molar-refractivity contribution in [1.82, 2.24) is 9.97 Å². The molecule has 2 rings (SSSR count). The van der Waals surface area contributed by atoms with Gasteiger partial charge in [0.05, 0.1) is 12.3 Å². The van der Waals surface area contributed by atoms with E-state index in [1.165, 1.54) is 0 Å². The molecule has 0 radical (unpaired) electrons. The lowest BCUT2D eigenvalue weighted by Crippen LogP contribution is -2.19. The molecule has 1 fully saturated rings. The van der Waals surface area contributed by atoms with Crippen LogP contribution in [-0.4, -0.2) is 16.6 Å². The number of aromatic nitrogens is 2. The van der Waals surface area contributed by atoms with E-state index in [0.717, 1.165) is 18.5 Å². The van der Waals surface area contributed by atoms with Gasteiger partial charge in [-0.15, -0.1) is 0 Å². The van der Waals surface area contributed by atoms with Crippen molar-refractivity contribution >= 4 is 0 Å². The van der Waals surface area contributed by atoms with Crippen molar-refractivity contribution in [2.45, 2.75) is 18.3 Å². The summed E-state index contributed by atoms with van der Waals surface area (Å²) >= 11 is 0. The maximum Gasteiger partial charge on any atom is 0.0791 e. The summed E-state index contributed by atoms with van der Waals surface area (Å²) in [6.45, 7) is 0.547. The molecule has 4 nitrogen and oxygen atoms in total. The van der Waals surface area contributed by atoms with Crippen LogP contribution in [0.5, 0.6) is 0 Å². The second kappa shape index (κ2) is 2.80. The lowest BCUT2D eigenvalue weighted by atomic mass is 10.1. The van der Waals surface area contributed by atoms with Crippen molar-refractivity contribution < 1.29 is 4.84 Å². The van der Waals surface area contributed by atoms with Crippen LogP contribution in [-0.2, 0) is 10.3 Å². The standard InChI is InChI=1S/C8H11N3O/c9-12-6-8(1-2-8)7-5-10-3-4-11-7/h3-5H,1-2,6,9H2. The first kappa shape index (κ1) is 7.64. The van der Waals surface area contributed by atoms with Crippen LogP contribution in [0.15, 0.2) is 18.6 Å². The summed E-state index contributed by atoms with van der Waals surface area (Å²) in [6.07, 6.45) is 7.35. The van der Waals surface area contributed by atoms with Gasteiger partial charge >= 0.3 is 0 Å². The predicted octanol–water partition coefficient (Wildman–Crippen LogP) is 0.398. The molecular weight excluding hydrogens is 154 g/mol. The molecule has 12 heavy (non-hydrogen) atoms. The summed E-state index contributed by atoms with van der Waals surface area (Å²) in [5, 5.41) is 0. The zero-order valence-electron chi connectivity index (χ0n) is 6.73. The van der Waals surface area contributed by atoms with Crippen LogP contribution >= 0.6 is 0 Å². The van der Waals surface area contributed by atoms with Gasteiger partial charge in [0.15, 0.2) is 0 Å². The number of hydrogen-bond donors (Lipinski definition) is 1. The minimum Gasteiger partial charge on any atom is -0.304 e. The normalized spacial score (nSPS) is 19.1. The first-order valence-corrected chi connectivity index (χ1v) is 3.96. The second-order valence-corrected chi connectivity index (χ2v) is 3.18. The second-order valence-electron chi connectivity index (χ2n) is 3.18. The maximum atomic E-state index is 5.04. The highest BCUT2D eigenvalue weighted by molar-refractivity contribution is 5.21. The summed E-state index contributed by atoms with van der Waals surface area (Å²) < 4.78 is 0. The van der Waals surface area contributed by atoms with E-state index in [2.05, 4.69) is 14.8 Å². The van der Waals surface area contributed by atoms with Gasteiger partial charge in [-0.1, -0.05) is 0 Å². The van der Waals surface area contributed by atoms with E-state index in [9.17, 15) is 0 Å². The van der Waals surface area contributed by atoms with E-state index in [1.807, 2.05) is 0 Å². The van der Waals surface area contributed by atoms with Gasteiger partial charge < -0.3 is 4.84 Å². The van der Waals surface area contributed by atoms with Gasteiger partial charge in [0.25, 0.3) is 0 Å². The van der Waals surface area contributed by atoms with Gasteiger partial charge in [0.1, 0.15) is 0 Å². The van der Waals surface area contributed by atoms with Gasteiger partial charge in [0.2, 0.25) is 0 Å². The Morgan fingerprint density at radius 1 is 1.50 bits per heavy atom. The van der Waals surface area contributed by atoms with Crippen molar-refractivity contribution in [1.29, 1.82) is 0 Å². The van der Waals surface area contributed by atoms with E-state index in [4.69, 9.17) is 5.90 Å². The highest BCUT2D eigenvalue weighted by Gasteiger charge is 2.46. The summed E-state index contributed by atoms with van der Waals surface area (Å²) in [4.78, 5) is 12.9. The quantitative estimate of drug-likeness (QED) is 0.658. The zero-order valence-corrected chi connectivity index (χ0v) is 6.73. The monoisotopic (exact) mass is 165 g/mol. The minimum absolute atomic E-state index is 0.0724. The zero-order chi connectivity index (χ0) is 8.44. The fourth-order valence-corrected chi connectivity index (χ4v) is 1.36. The van der Waals surface area contributed by atoms with Gasteiger partial charge in [-0.2, -0.15) is 0 Å². The number of nitrogens with two attached hydrogens (primary N) is 1. The van der Waals surface area contributed by atoms with E-state index in [1.54, 1.807) is 18.6 Å². The minimum atomic E-state index is 0.0724. The number of rotatable bonds is 3. The van der Waals surface area contributed by atoms with Crippen LogP contribution in [0, 0.1) is 0 Å². The van der Waals surface area contributed by atoms with E-state index in [0.29, 0.717) is 6.61 Å². The molecule has 0 aromatic carbocycles. The predicted molar refractivity (Wildman–Crippen MR) is 43.1 cm³/mol. The van der Waals surface area contributed by atoms with Crippen LogP contribution in [0.1, 0.15) is 18.5 Å². The Kier molecular flexibility index (Phi) is 1.78. The van der Waals surface area contributed by atoms with Crippen molar-refractivity contribution in [2.24, 2.45) is 5.90 Å². The Labute approximate surface area is 70.7 Å². The third-order valence-electron chi connectivity index (χ3n) is 2.32. The molecule has 1 saturated carbocycles. The fraction of sp³-hybridized carbons (Fsp3) is 0.500. The summed E-state index contributed by atoms with van der Waals surface area (Å²) in [5.74, 6) is 5.04. The third-order valence-corrected chi connectivity index (χ3v) is 2.32. The molecule has 1 heterocycles. The summed E-state index contributed by atoms with van der Waals surface area (Å²) in [7, 11) is 0. The Balaban J connectivity index is 2.19. The van der Waals surface area contributed by atoms with E-state index in [-0.39, 0.29) is 5.41 Å². The third kappa shape index (κ3) is 1.19. The SMILES string of the molecule is NOCC1(c2cnccn2)CC1.